The van der Waals surface area contributed by atoms with Gasteiger partial charge in [0.2, 0.25) is 0 Å². The van der Waals surface area contributed by atoms with E-state index in [1.807, 2.05) is 18.2 Å². The van der Waals surface area contributed by atoms with Crippen LogP contribution in [-0.2, 0) is 6.42 Å². The van der Waals surface area contributed by atoms with Gasteiger partial charge in [0.1, 0.15) is 5.82 Å². The third-order valence-electron chi connectivity index (χ3n) is 2.73. The predicted molar refractivity (Wildman–Crippen MR) is 77.4 cm³/mol. The van der Waals surface area contributed by atoms with Crippen LogP contribution in [0.5, 0.6) is 0 Å². The maximum absolute atomic E-state index is 13.1. The van der Waals surface area contributed by atoms with Gasteiger partial charge in [-0.05, 0) is 52.5 Å². The molecule has 0 unspecified atom stereocenters. The molecule has 94 valence electrons. The highest BCUT2D eigenvalue weighted by atomic mass is 79.9. The van der Waals surface area contributed by atoms with Gasteiger partial charge in [-0.15, -0.1) is 0 Å². The van der Waals surface area contributed by atoms with Crippen LogP contribution in [0.1, 0.15) is 12.0 Å². The fourth-order valence-corrected chi connectivity index (χ4v) is 2.18. The van der Waals surface area contributed by atoms with Crippen molar-refractivity contribution in [1.82, 2.24) is 0 Å². The lowest BCUT2D eigenvalue weighted by molar-refractivity contribution is 0.628. The number of benzene rings is 2. The highest BCUT2D eigenvalue weighted by Gasteiger charge is 2.00. The molecular formula is C15H15BrFN. The van der Waals surface area contributed by atoms with Crippen molar-refractivity contribution >= 4 is 21.6 Å². The summed E-state index contributed by atoms with van der Waals surface area (Å²) in [4.78, 5) is 0. The fraction of sp³-hybridized carbons (Fsp3) is 0.200. The van der Waals surface area contributed by atoms with Gasteiger partial charge < -0.3 is 5.32 Å². The highest BCUT2D eigenvalue weighted by Crippen LogP contribution is 2.22. The number of hydrogen-bond donors (Lipinski definition) is 1. The van der Waals surface area contributed by atoms with E-state index < -0.39 is 0 Å². The molecule has 18 heavy (non-hydrogen) atoms. The van der Waals surface area contributed by atoms with Crippen LogP contribution in [0.3, 0.4) is 0 Å². The van der Waals surface area contributed by atoms with E-state index in [1.165, 1.54) is 17.7 Å². The molecule has 3 heteroatoms. The molecule has 0 amide bonds. The van der Waals surface area contributed by atoms with Crippen molar-refractivity contribution in [3.8, 4) is 0 Å². The zero-order valence-corrected chi connectivity index (χ0v) is 11.6. The van der Waals surface area contributed by atoms with Crippen molar-refractivity contribution < 1.29 is 4.39 Å². The normalized spacial score (nSPS) is 10.3. The van der Waals surface area contributed by atoms with Crippen LogP contribution in [0.4, 0.5) is 10.1 Å². The highest BCUT2D eigenvalue weighted by molar-refractivity contribution is 9.10. The van der Waals surface area contributed by atoms with Crippen molar-refractivity contribution in [2.75, 3.05) is 11.9 Å². The Morgan fingerprint density at radius 3 is 2.61 bits per heavy atom. The SMILES string of the molecule is Fc1ccc(Br)c(NCCCc2ccccc2)c1. The van der Waals surface area contributed by atoms with Crippen LogP contribution in [0, 0.1) is 5.82 Å². The van der Waals surface area contributed by atoms with Crippen LogP contribution in [0.15, 0.2) is 53.0 Å². The zero-order chi connectivity index (χ0) is 12.8. The standard InChI is InChI=1S/C15H15BrFN/c16-14-9-8-13(17)11-15(14)18-10-4-7-12-5-2-1-3-6-12/h1-3,5-6,8-9,11,18H,4,7,10H2. The molecule has 2 aromatic rings. The molecule has 0 radical (unpaired) electrons. The predicted octanol–water partition coefficient (Wildman–Crippen LogP) is 4.63. The maximum atomic E-state index is 13.1. The number of hydrogen-bond acceptors (Lipinski definition) is 1. The van der Waals surface area contributed by atoms with E-state index in [4.69, 9.17) is 0 Å². The number of nitrogens with one attached hydrogen (secondary N) is 1. The van der Waals surface area contributed by atoms with E-state index in [0.717, 1.165) is 29.5 Å². The summed E-state index contributed by atoms with van der Waals surface area (Å²) >= 11 is 3.40. The summed E-state index contributed by atoms with van der Waals surface area (Å²) in [7, 11) is 0. The smallest absolute Gasteiger partial charge is 0.125 e. The van der Waals surface area contributed by atoms with Crippen molar-refractivity contribution in [2.24, 2.45) is 0 Å². The Morgan fingerprint density at radius 2 is 1.83 bits per heavy atom. The Balaban J connectivity index is 1.80. The van der Waals surface area contributed by atoms with Crippen molar-refractivity contribution in [1.29, 1.82) is 0 Å². The second-order valence-corrected chi connectivity index (χ2v) is 4.99. The molecule has 0 spiro atoms. The molecule has 0 aliphatic rings. The third kappa shape index (κ3) is 3.84. The maximum Gasteiger partial charge on any atom is 0.125 e. The molecule has 2 aromatic carbocycles. The molecule has 0 saturated heterocycles. The first-order valence-electron chi connectivity index (χ1n) is 5.98. The lowest BCUT2D eigenvalue weighted by Crippen LogP contribution is -2.03. The molecule has 0 atom stereocenters. The number of rotatable bonds is 5. The van der Waals surface area contributed by atoms with Crippen molar-refractivity contribution in [3.63, 3.8) is 0 Å². The van der Waals surface area contributed by atoms with Crippen LogP contribution in [0.2, 0.25) is 0 Å². The van der Waals surface area contributed by atoms with E-state index in [9.17, 15) is 4.39 Å². The molecule has 2 rings (SSSR count). The van der Waals surface area contributed by atoms with E-state index in [-0.39, 0.29) is 5.82 Å². The van der Waals surface area contributed by atoms with E-state index >= 15 is 0 Å². The monoisotopic (exact) mass is 307 g/mol. The van der Waals surface area contributed by atoms with Crippen LogP contribution >= 0.6 is 15.9 Å². The molecule has 0 aliphatic carbocycles. The summed E-state index contributed by atoms with van der Waals surface area (Å²) < 4.78 is 14.0. The summed E-state index contributed by atoms with van der Waals surface area (Å²) in [6, 6.07) is 15.0. The summed E-state index contributed by atoms with van der Waals surface area (Å²) in [5.74, 6) is -0.219. The largest absolute Gasteiger partial charge is 0.384 e. The summed E-state index contributed by atoms with van der Waals surface area (Å²) in [6.07, 6.45) is 2.05. The van der Waals surface area contributed by atoms with Crippen molar-refractivity contribution in [2.45, 2.75) is 12.8 Å². The summed E-state index contributed by atoms with van der Waals surface area (Å²) in [5, 5.41) is 3.24. The van der Waals surface area contributed by atoms with Gasteiger partial charge in [0.05, 0.1) is 5.69 Å². The molecular weight excluding hydrogens is 293 g/mol. The van der Waals surface area contributed by atoms with Gasteiger partial charge in [0.25, 0.3) is 0 Å². The molecule has 0 heterocycles. The number of anilines is 1. The van der Waals surface area contributed by atoms with Crippen LogP contribution < -0.4 is 5.32 Å². The molecule has 0 aliphatic heterocycles. The Morgan fingerprint density at radius 1 is 1.06 bits per heavy atom. The van der Waals surface area contributed by atoms with Gasteiger partial charge in [-0.2, -0.15) is 0 Å². The van der Waals surface area contributed by atoms with Gasteiger partial charge >= 0.3 is 0 Å². The second-order valence-electron chi connectivity index (χ2n) is 4.14. The lowest BCUT2D eigenvalue weighted by atomic mass is 10.1. The number of halogens is 2. The Bertz CT molecular complexity index is 499. The van der Waals surface area contributed by atoms with E-state index in [1.54, 1.807) is 6.07 Å². The average molecular weight is 308 g/mol. The first-order chi connectivity index (χ1) is 8.75. The van der Waals surface area contributed by atoms with Gasteiger partial charge in [0.15, 0.2) is 0 Å². The summed E-state index contributed by atoms with van der Waals surface area (Å²) in [5.41, 5.74) is 2.14. The minimum absolute atomic E-state index is 0.219. The summed E-state index contributed by atoms with van der Waals surface area (Å²) in [6.45, 7) is 0.830. The second kappa shape index (κ2) is 6.55. The third-order valence-corrected chi connectivity index (χ3v) is 3.42. The first kappa shape index (κ1) is 13.1. The topological polar surface area (TPSA) is 12.0 Å². The lowest BCUT2D eigenvalue weighted by Gasteiger charge is -2.08. The molecule has 0 bridgehead atoms. The Hall–Kier alpha value is -1.35. The molecule has 0 aromatic heterocycles. The van der Waals surface area contributed by atoms with Crippen molar-refractivity contribution in [3.05, 3.63) is 64.4 Å². The van der Waals surface area contributed by atoms with E-state index in [0.29, 0.717) is 0 Å². The molecule has 1 nitrogen and oxygen atoms in total. The van der Waals surface area contributed by atoms with Gasteiger partial charge in [-0.1, -0.05) is 30.3 Å². The number of aryl methyl sites for hydroxylation is 1. The minimum atomic E-state index is -0.219. The van der Waals surface area contributed by atoms with Crippen LogP contribution in [0.25, 0.3) is 0 Å². The fourth-order valence-electron chi connectivity index (χ4n) is 1.79. The van der Waals surface area contributed by atoms with Gasteiger partial charge in [-0.25, -0.2) is 4.39 Å². The Labute approximate surface area is 115 Å². The molecule has 0 fully saturated rings. The van der Waals surface area contributed by atoms with Gasteiger partial charge in [0, 0.05) is 11.0 Å². The quantitative estimate of drug-likeness (QED) is 0.794. The minimum Gasteiger partial charge on any atom is -0.384 e. The molecule has 0 saturated carbocycles. The van der Waals surface area contributed by atoms with Gasteiger partial charge in [-0.3, -0.25) is 0 Å². The first-order valence-corrected chi connectivity index (χ1v) is 6.78. The molecule has 1 N–H and O–H groups in total. The zero-order valence-electron chi connectivity index (χ0n) is 10.00. The van der Waals surface area contributed by atoms with E-state index in [2.05, 4.69) is 33.4 Å². The average Bonchev–Trinajstić information content (AvgIpc) is 2.40. The Kier molecular flexibility index (Phi) is 4.76. The van der Waals surface area contributed by atoms with Crippen LogP contribution in [-0.4, -0.2) is 6.54 Å².